The molecular weight excluding hydrogens is 407 g/mol. The van der Waals surface area contributed by atoms with Gasteiger partial charge in [0, 0.05) is 5.02 Å². The fourth-order valence-corrected chi connectivity index (χ4v) is 3.18. The van der Waals surface area contributed by atoms with Gasteiger partial charge in [-0.25, -0.2) is 4.79 Å². The zero-order chi connectivity index (χ0) is 20.6. The van der Waals surface area contributed by atoms with Gasteiger partial charge in [-0.05, 0) is 50.2 Å². The number of carbonyl (C=O) groups is 3. The highest BCUT2D eigenvalue weighted by Crippen LogP contribution is 2.36. The first kappa shape index (κ1) is 20.0. The third-order valence-corrected chi connectivity index (χ3v) is 4.87. The Labute approximate surface area is 170 Å². The summed E-state index contributed by atoms with van der Waals surface area (Å²) in [4.78, 5) is 38.0. The van der Waals surface area contributed by atoms with E-state index in [9.17, 15) is 19.5 Å². The van der Waals surface area contributed by atoms with Crippen molar-refractivity contribution in [1.29, 1.82) is 0 Å². The van der Waals surface area contributed by atoms with Crippen molar-refractivity contribution < 1.29 is 24.2 Å². The van der Waals surface area contributed by atoms with Crippen LogP contribution in [0.25, 0.3) is 0 Å². The molecule has 0 aromatic heterocycles. The second-order valence-electron chi connectivity index (χ2n) is 6.25. The minimum atomic E-state index is -1.16. The number of hydrogen-bond donors (Lipinski definition) is 2. The van der Waals surface area contributed by atoms with E-state index in [-0.39, 0.29) is 11.3 Å². The number of ether oxygens (including phenoxy) is 1. The van der Waals surface area contributed by atoms with E-state index < -0.39 is 29.9 Å². The lowest BCUT2D eigenvalue weighted by atomic mass is 10.1. The second-order valence-corrected chi connectivity index (χ2v) is 7.09. The highest BCUT2D eigenvalue weighted by atomic mass is 35.5. The number of anilines is 2. The van der Waals surface area contributed by atoms with Gasteiger partial charge < -0.3 is 15.2 Å². The lowest BCUT2D eigenvalue weighted by Crippen LogP contribution is -2.52. The molecule has 2 aromatic rings. The zero-order valence-electron chi connectivity index (χ0n) is 14.9. The van der Waals surface area contributed by atoms with Crippen molar-refractivity contribution in [3.8, 4) is 5.75 Å². The lowest BCUT2D eigenvalue weighted by molar-refractivity contribution is -0.128. The van der Waals surface area contributed by atoms with Crippen LogP contribution in [-0.4, -0.2) is 35.0 Å². The van der Waals surface area contributed by atoms with Crippen molar-refractivity contribution in [1.82, 2.24) is 0 Å². The molecule has 2 N–H and O–H groups in total. The molecule has 3 rings (SSSR count). The lowest BCUT2D eigenvalue weighted by Gasteiger charge is -2.36. The summed E-state index contributed by atoms with van der Waals surface area (Å²) < 4.78 is 5.54. The quantitative estimate of drug-likeness (QED) is 0.780. The van der Waals surface area contributed by atoms with Crippen molar-refractivity contribution >= 4 is 52.4 Å². The Kier molecular flexibility index (Phi) is 5.49. The standard InChI is InChI=1S/C19H16Cl2N2O5/c1-9(17(24)22-14-8-12(20)4-5-13(14)21)23-15-7-11(19(26)27)3-6-16(15)28-10(2)18(23)25/h3-10H,1-2H3,(H,22,24)(H,26,27). The van der Waals surface area contributed by atoms with Crippen LogP contribution in [0.4, 0.5) is 11.4 Å². The van der Waals surface area contributed by atoms with Gasteiger partial charge in [0.05, 0.1) is 22.0 Å². The van der Waals surface area contributed by atoms with Gasteiger partial charge in [0.1, 0.15) is 11.8 Å². The Hall–Kier alpha value is -2.77. The number of carbonyl (C=O) groups excluding carboxylic acids is 2. The van der Waals surface area contributed by atoms with Crippen LogP contribution < -0.4 is 15.0 Å². The third kappa shape index (κ3) is 3.76. The van der Waals surface area contributed by atoms with Crippen LogP contribution in [0.1, 0.15) is 24.2 Å². The van der Waals surface area contributed by atoms with Crippen molar-refractivity contribution in [2.24, 2.45) is 0 Å². The fraction of sp³-hybridized carbons (Fsp3) is 0.211. The molecule has 0 saturated heterocycles. The largest absolute Gasteiger partial charge is 0.479 e. The molecule has 7 nitrogen and oxygen atoms in total. The average Bonchev–Trinajstić information content (AvgIpc) is 2.64. The Morgan fingerprint density at radius 2 is 1.93 bits per heavy atom. The van der Waals surface area contributed by atoms with E-state index in [1.807, 2.05) is 0 Å². The number of halogens is 2. The number of nitrogens with zero attached hydrogens (tertiary/aromatic N) is 1. The molecule has 1 heterocycles. The first-order valence-corrected chi connectivity index (χ1v) is 9.07. The molecule has 0 saturated carbocycles. The number of fused-ring (bicyclic) bond motifs is 1. The highest BCUT2D eigenvalue weighted by Gasteiger charge is 2.37. The molecule has 2 aromatic carbocycles. The van der Waals surface area contributed by atoms with Gasteiger partial charge in [-0.2, -0.15) is 0 Å². The number of hydrogen-bond acceptors (Lipinski definition) is 4. The van der Waals surface area contributed by atoms with E-state index in [1.165, 1.54) is 36.1 Å². The Bertz CT molecular complexity index is 979. The van der Waals surface area contributed by atoms with Gasteiger partial charge in [-0.3, -0.25) is 14.5 Å². The number of aromatic carboxylic acids is 1. The normalized spacial score (nSPS) is 16.8. The van der Waals surface area contributed by atoms with Gasteiger partial charge in [-0.15, -0.1) is 0 Å². The predicted molar refractivity (Wildman–Crippen MR) is 106 cm³/mol. The fourth-order valence-electron chi connectivity index (χ4n) is 2.84. The van der Waals surface area contributed by atoms with Crippen LogP contribution >= 0.6 is 23.2 Å². The summed E-state index contributed by atoms with van der Waals surface area (Å²) in [6, 6.07) is 7.80. The van der Waals surface area contributed by atoms with Crippen LogP contribution in [0, 0.1) is 0 Å². The SMILES string of the molecule is CC1Oc2ccc(C(=O)O)cc2N(C(C)C(=O)Nc2cc(Cl)ccc2Cl)C1=O. The second kappa shape index (κ2) is 7.69. The number of benzene rings is 2. The van der Waals surface area contributed by atoms with Crippen LogP contribution in [0.5, 0.6) is 5.75 Å². The number of carboxylic acid groups (broad SMARTS) is 1. The monoisotopic (exact) mass is 422 g/mol. The summed E-state index contributed by atoms with van der Waals surface area (Å²) in [5, 5.41) is 12.6. The maximum atomic E-state index is 12.8. The van der Waals surface area contributed by atoms with Gasteiger partial charge in [0.25, 0.3) is 5.91 Å². The number of amides is 2. The highest BCUT2D eigenvalue weighted by molar-refractivity contribution is 6.35. The summed E-state index contributed by atoms with van der Waals surface area (Å²) in [6.07, 6.45) is -0.826. The molecule has 0 radical (unpaired) electrons. The Morgan fingerprint density at radius 3 is 2.61 bits per heavy atom. The minimum absolute atomic E-state index is 0.0276. The summed E-state index contributed by atoms with van der Waals surface area (Å²) in [7, 11) is 0. The van der Waals surface area contributed by atoms with Crippen LogP contribution in [0.15, 0.2) is 36.4 Å². The van der Waals surface area contributed by atoms with Gasteiger partial charge in [-0.1, -0.05) is 23.2 Å². The molecule has 9 heteroatoms. The average molecular weight is 423 g/mol. The van der Waals surface area contributed by atoms with E-state index in [2.05, 4.69) is 5.32 Å². The van der Waals surface area contributed by atoms with Crippen LogP contribution in [0.3, 0.4) is 0 Å². The van der Waals surface area contributed by atoms with E-state index in [1.54, 1.807) is 19.1 Å². The van der Waals surface area contributed by atoms with Gasteiger partial charge in [0.2, 0.25) is 5.91 Å². The molecular formula is C19H16Cl2N2O5. The van der Waals surface area contributed by atoms with Gasteiger partial charge in [0.15, 0.2) is 6.10 Å². The first-order valence-electron chi connectivity index (χ1n) is 8.32. The molecule has 0 spiro atoms. The molecule has 1 aliphatic heterocycles. The smallest absolute Gasteiger partial charge is 0.335 e. The van der Waals surface area contributed by atoms with Crippen molar-refractivity contribution in [3.05, 3.63) is 52.0 Å². The molecule has 2 atom stereocenters. The van der Waals surface area contributed by atoms with Crippen molar-refractivity contribution in [2.45, 2.75) is 26.0 Å². The number of rotatable bonds is 4. The van der Waals surface area contributed by atoms with Gasteiger partial charge >= 0.3 is 5.97 Å². The summed E-state index contributed by atoms with van der Waals surface area (Å²) in [6.45, 7) is 3.09. The number of nitrogens with one attached hydrogen (secondary N) is 1. The molecule has 146 valence electrons. The van der Waals surface area contributed by atoms with E-state index in [0.29, 0.717) is 21.5 Å². The van der Waals surface area contributed by atoms with Crippen molar-refractivity contribution in [2.75, 3.05) is 10.2 Å². The maximum Gasteiger partial charge on any atom is 0.335 e. The molecule has 28 heavy (non-hydrogen) atoms. The molecule has 2 unspecified atom stereocenters. The Balaban J connectivity index is 1.95. The van der Waals surface area contributed by atoms with Crippen LogP contribution in [-0.2, 0) is 9.59 Å². The van der Waals surface area contributed by atoms with E-state index >= 15 is 0 Å². The zero-order valence-corrected chi connectivity index (χ0v) is 16.4. The van der Waals surface area contributed by atoms with E-state index in [0.717, 1.165) is 0 Å². The summed E-state index contributed by atoms with van der Waals surface area (Å²) in [5.41, 5.74) is 0.488. The molecule has 1 aliphatic rings. The summed E-state index contributed by atoms with van der Waals surface area (Å²) in [5.74, 6) is -1.82. The molecule has 0 bridgehead atoms. The van der Waals surface area contributed by atoms with Crippen LogP contribution in [0.2, 0.25) is 10.0 Å². The Morgan fingerprint density at radius 1 is 1.21 bits per heavy atom. The topological polar surface area (TPSA) is 95.9 Å². The maximum absolute atomic E-state index is 12.8. The minimum Gasteiger partial charge on any atom is -0.479 e. The van der Waals surface area contributed by atoms with E-state index in [4.69, 9.17) is 27.9 Å². The first-order chi connectivity index (χ1) is 13.2. The summed E-state index contributed by atoms with van der Waals surface area (Å²) >= 11 is 12.0. The van der Waals surface area contributed by atoms with Crippen molar-refractivity contribution in [3.63, 3.8) is 0 Å². The number of carboxylic acids is 1. The predicted octanol–water partition coefficient (Wildman–Crippen LogP) is 3.83. The third-order valence-electron chi connectivity index (χ3n) is 4.31. The molecule has 0 fully saturated rings. The molecule has 0 aliphatic carbocycles. The molecule has 2 amide bonds.